The fraction of sp³-hybridized carbons (Fsp3) is 0.360. The van der Waals surface area contributed by atoms with Gasteiger partial charge < -0.3 is 15.6 Å². The molecular formula is C25H33IN6. The molecular weight excluding hydrogens is 511 g/mol. The zero-order valence-corrected chi connectivity index (χ0v) is 21.0. The predicted octanol–water partition coefficient (Wildman–Crippen LogP) is 4.55. The highest BCUT2D eigenvalue weighted by Crippen LogP contribution is 2.16. The number of H-pyrrole nitrogens is 1. The van der Waals surface area contributed by atoms with Gasteiger partial charge in [0.2, 0.25) is 0 Å². The fourth-order valence-electron chi connectivity index (χ4n) is 3.93. The molecule has 0 aliphatic carbocycles. The average Bonchev–Trinajstić information content (AvgIpc) is 3.31. The van der Waals surface area contributed by atoms with Gasteiger partial charge >= 0.3 is 0 Å². The van der Waals surface area contributed by atoms with E-state index in [2.05, 4.69) is 66.9 Å². The van der Waals surface area contributed by atoms with Crippen LogP contribution < -0.4 is 10.6 Å². The van der Waals surface area contributed by atoms with E-state index < -0.39 is 0 Å². The molecule has 0 atom stereocenters. The molecule has 1 aliphatic heterocycles. The normalized spacial score (nSPS) is 14.6. The number of aromatic amines is 1. The second-order valence-electron chi connectivity index (χ2n) is 8.04. The van der Waals surface area contributed by atoms with Crippen molar-refractivity contribution in [3.63, 3.8) is 0 Å². The zero-order chi connectivity index (χ0) is 21.3. The number of hydrogen-bond acceptors (Lipinski definition) is 3. The number of imidazole rings is 1. The zero-order valence-electron chi connectivity index (χ0n) is 18.7. The topological polar surface area (TPSA) is 68.3 Å². The summed E-state index contributed by atoms with van der Waals surface area (Å²) in [5.74, 6) is 1.64. The van der Waals surface area contributed by atoms with Crippen LogP contribution in [0.5, 0.6) is 0 Å². The highest BCUT2D eigenvalue weighted by atomic mass is 127. The van der Waals surface area contributed by atoms with Crippen molar-refractivity contribution in [2.45, 2.75) is 38.9 Å². The number of benzene rings is 2. The highest BCUT2D eigenvalue weighted by Gasteiger charge is 2.10. The molecule has 0 unspecified atom stereocenters. The molecule has 0 radical (unpaired) electrons. The van der Waals surface area contributed by atoms with E-state index in [4.69, 9.17) is 0 Å². The SMILES string of the molecule is CN=C(NCc1ccc(CN2CCCCC2)cc1)NCc1ncc(-c2ccccc2)[nH]1.I. The van der Waals surface area contributed by atoms with Gasteiger partial charge in [0.25, 0.3) is 0 Å². The molecule has 0 spiro atoms. The lowest BCUT2D eigenvalue weighted by Crippen LogP contribution is -2.36. The maximum absolute atomic E-state index is 4.47. The predicted molar refractivity (Wildman–Crippen MR) is 142 cm³/mol. The summed E-state index contributed by atoms with van der Waals surface area (Å²) in [4.78, 5) is 14.7. The molecule has 1 saturated heterocycles. The van der Waals surface area contributed by atoms with Crippen molar-refractivity contribution in [3.8, 4) is 11.3 Å². The first-order valence-corrected chi connectivity index (χ1v) is 11.1. The average molecular weight is 544 g/mol. The molecule has 4 rings (SSSR count). The number of hydrogen-bond donors (Lipinski definition) is 3. The van der Waals surface area contributed by atoms with Crippen molar-refractivity contribution in [1.82, 2.24) is 25.5 Å². The Hall–Kier alpha value is -2.39. The van der Waals surface area contributed by atoms with Crippen molar-refractivity contribution in [3.05, 3.63) is 77.7 Å². The van der Waals surface area contributed by atoms with Crippen LogP contribution in [0, 0.1) is 0 Å². The van der Waals surface area contributed by atoms with Gasteiger partial charge in [-0.05, 0) is 42.6 Å². The summed E-state index contributed by atoms with van der Waals surface area (Å²) in [5, 5.41) is 6.71. The lowest BCUT2D eigenvalue weighted by atomic mass is 10.1. The lowest BCUT2D eigenvalue weighted by molar-refractivity contribution is 0.221. The smallest absolute Gasteiger partial charge is 0.191 e. The molecule has 0 amide bonds. The van der Waals surface area contributed by atoms with Gasteiger partial charge in [-0.25, -0.2) is 4.98 Å². The van der Waals surface area contributed by atoms with Crippen LogP contribution in [0.4, 0.5) is 0 Å². The molecule has 6 nitrogen and oxygen atoms in total. The Morgan fingerprint density at radius 1 is 0.938 bits per heavy atom. The van der Waals surface area contributed by atoms with Crippen LogP contribution in [0.15, 0.2) is 65.8 Å². The summed E-state index contributed by atoms with van der Waals surface area (Å²) in [6.45, 7) is 4.84. The van der Waals surface area contributed by atoms with E-state index in [0.717, 1.165) is 36.1 Å². The summed E-state index contributed by atoms with van der Waals surface area (Å²) in [5.41, 5.74) is 4.78. The van der Waals surface area contributed by atoms with Crippen LogP contribution >= 0.6 is 24.0 Å². The number of halogens is 1. The molecule has 2 aromatic carbocycles. The number of aromatic nitrogens is 2. The first-order chi connectivity index (χ1) is 15.3. The number of rotatable bonds is 7. The molecule has 1 fully saturated rings. The molecule has 170 valence electrons. The van der Waals surface area contributed by atoms with E-state index >= 15 is 0 Å². The van der Waals surface area contributed by atoms with E-state index in [0.29, 0.717) is 6.54 Å². The number of likely N-dealkylation sites (tertiary alicyclic amines) is 1. The van der Waals surface area contributed by atoms with E-state index in [9.17, 15) is 0 Å². The van der Waals surface area contributed by atoms with Gasteiger partial charge in [-0.3, -0.25) is 9.89 Å². The van der Waals surface area contributed by atoms with Gasteiger partial charge in [-0.2, -0.15) is 0 Å². The minimum Gasteiger partial charge on any atom is -0.352 e. The van der Waals surface area contributed by atoms with Crippen LogP contribution in [-0.4, -0.2) is 41.0 Å². The van der Waals surface area contributed by atoms with Crippen LogP contribution in [0.1, 0.15) is 36.2 Å². The number of nitrogens with one attached hydrogen (secondary N) is 3. The fourth-order valence-corrected chi connectivity index (χ4v) is 3.93. The first-order valence-electron chi connectivity index (χ1n) is 11.1. The maximum Gasteiger partial charge on any atom is 0.191 e. The molecule has 1 aliphatic rings. The van der Waals surface area contributed by atoms with E-state index in [1.807, 2.05) is 24.4 Å². The van der Waals surface area contributed by atoms with Gasteiger partial charge in [-0.1, -0.05) is 61.0 Å². The van der Waals surface area contributed by atoms with Gasteiger partial charge in [0, 0.05) is 20.1 Å². The number of piperidine rings is 1. The summed E-state index contributed by atoms with van der Waals surface area (Å²) < 4.78 is 0. The Labute approximate surface area is 208 Å². The van der Waals surface area contributed by atoms with Crippen molar-refractivity contribution in [1.29, 1.82) is 0 Å². The third-order valence-electron chi connectivity index (χ3n) is 5.70. The van der Waals surface area contributed by atoms with Crippen LogP contribution in [0.25, 0.3) is 11.3 Å². The van der Waals surface area contributed by atoms with Crippen molar-refractivity contribution in [2.24, 2.45) is 4.99 Å². The minimum absolute atomic E-state index is 0. The highest BCUT2D eigenvalue weighted by molar-refractivity contribution is 14.0. The second-order valence-corrected chi connectivity index (χ2v) is 8.04. The number of nitrogens with zero attached hydrogens (tertiary/aromatic N) is 3. The first kappa shape index (κ1) is 24.3. The van der Waals surface area contributed by atoms with E-state index in [1.165, 1.54) is 43.5 Å². The number of aliphatic imine (C=N–C) groups is 1. The third-order valence-corrected chi connectivity index (χ3v) is 5.70. The molecule has 3 aromatic rings. The molecule has 0 bridgehead atoms. The van der Waals surface area contributed by atoms with E-state index in [-0.39, 0.29) is 24.0 Å². The lowest BCUT2D eigenvalue weighted by Gasteiger charge is -2.26. The molecule has 2 heterocycles. The standard InChI is InChI=1S/C25H32N6.HI/c1-26-25(29-18-24-27-17-23(30-24)22-8-4-2-5-9-22)28-16-20-10-12-21(13-11-20)19-31-14-6-3-7-15-31;/h2,4-5,8-13,17H,3,6-7,14-16,18-19H2,1H3,(H,27,30)(H2,26,28,29);1H. The van der Waals surface area contributed by atoms with Crippen molar-refractivity contribution < 1.29 is 0 Å². The van der Waals surface area contributed by atoms with Crippen molar-refractivity contribution in [2.75, 3.05) is 20.1 Å². The molecule has 0 saturated carbocycles. The largest absolute Gasteiger partial charge is 0.352 e. The van der Waals surface area contributed by atoms with Crippen molar-refractivity contribution >= 4 is 29.9 Å². The van der Waals surface area contributed by atoms with Crippen LogP contribution in [-0.2, 0) is 19.6 Å². The second kappa shape index (κ2) is 12.6. The third kappa shape index (κ3) is 7.06. The summed E-state index contributed by atoms with van der Waals surface area (Å²) in [7, 11) is 1.79. The number of guanidine groups is 1. The molecule has 3 N–H and O–H groups in total. The summed E-state index contributed by atoms with van der Waals surface area (Å²) in [6, 6.07) is 19.1. The summed E-state index contributed by atoms with van der Waals surface area (Å²) in [6.07, 6.45) is 5.91. The van der Waals surface area contributed by atoms with Gasteiger partial charge in [0.15, 0.2) is 5.96 Å². The Morgan fingerprint density at radius 2 is 1.62 bits per heavy atom. The Morgan fingerprint density at radius 3 is 2.34 bits per heavy atom. The Balaban J connectivity index is 0.00000289. The molecule has 32 heavy (non-hydrogen) atoms. The molecule has 1 aromatic heterocycles. The minimum atomic E-state index is 0. The Bertz CT molecular complexity index is 962. The maximum atomic E-state index is 4.47. The van der Waals surface area contributed by atoms with E-state index in [1.54, 1.807) is 7.05 Å². The summed E-state index contributed by atoms with van der Waals surface area (Å²) >= 11 is 0. The van der Waals surface area contributed by atoms with Crippen LogP contribution in [0.2, 0.25) is 0 Å². The van der Waals surface area contributed by atoms with Gasteiger partial charge in [-0.15, -0.1) is 24.0 Å². The monoisotopic (exact) mass is 544 g/mol. The van der Waals surface area contributed by atoms with Gasteiger partial charge in [0.1, 0.15) is 5.82 Å². The quantitative estimate of drug-likeness (QED) is 0.232. The van der Waals surface area contributed by atoms with Crippen LogP contribution in [0.3, 0.4) is 0 Å². The molecule has 7 heteroatoms. The van der Waals surface area contributed by atoms with Gasteiger partial charge in [0.05, 0.1) is 18.4 Å². The Kier molecular flexibility index (Phi) is 9.55.